The molecule has 2 aromatic rings. The van der Waals surface area contributed by atoms with Gasteiger partial charge in [-0.3, -0.25) is 4.79 Å². The quantitative estimate of drug-likeness (QED) is 0.830. The molecule has 1 unspecified atom stereocenters. The van der Waals surface area contributed by atoms with Crippen LogP contribution in [0.15, 0.2) is 42.5 Å². The third-order valence-corrected chi connectivity index (χ3v) is 4.05. The number of carboxylic acid groups (broad SMARTS) is 1. The average molecular weight is 297 g/mol. The number of aliphatic carboxylic acids is 1. The lowest BCUT2D eigenvalue weighted by molar-refractivity contribution is -0.136. The van der Waals surface area contributed by atoms with Crippen LogP contribution in [-0.4, -0.2) is 11.1 Å². The van der Waals surface area contributed by atoms with Gasteiger partial charge in [0.05, 0.1) is 5.69 Å². The number of nitrogen functional groups attached to an aromatic ring is 1. The average Bonchev–Trinajstić information content (AvgIpc) is 2.91. The fourth-order valence-corrected chi connectivity index (χ4v) is 2.91. The summed E-state index contributed by atoms with van der Waals surface area (Å²) in [4.78, 5) is 10.6. The Morgan fingerprint density at radius 1 is 1.27 bits per heavy atom. The Balaban J connectivity index is 1.72. The SMILES string of the molecule is Nc1cc(CCC(=O)O)ccc1OC1CCc2ccccc21. The van der Waals surface area contributed by atoms with E-state index in [1.54, 1.807) is 6.07 Å². The van der Waals surface area contributed by atoms with E-state index in [0.717, 1.165) is 18.4 Å². The van der Waals surface area contributed by atoms with Gasteiger partial charge in [0.25, 0.3) is 0 Å². The second kappa shape index (κ2) is 6.10. The Labute approximate surface area is 129 Å². The molecule has 0 fully saturated rings. The van der Waals surface area contributed by atoms with E-state index in [0.29, 0.717) is 17.9 Å². The number of anilines is 1. The summed E-state index contributed by atoms with van der Waals surface area (Å²) in [5, 5.41) is 8.73. The lowest BCUT2D eigenvalue weighted by atomic mass is 10.1. The van der Waals surface area contributed by atoms with Crippen LogP contribution in [0, 0.1) is 0 Å². The van der Waals surface area contributed by atoms with Crippen LogP contribution >= 0.6 is 0 Å². The third kappa shape index (κ3) is 3.06. The first kappa shape index (κ1) is 14.4. The number of carbonyl (C=O) groups is 1. The second-order valence-corrected chi connectivity index (χ2v) is 5.61. The molecule has 4 nitrogen and oxygen atoms in total. The minimum Gasteiger partial charge on any atom is -0.484 e. The molecule has 0 saturated carbocycles. The molecule has 1 aliphatic rings. The number of fused-ring (bicyclic) bond motifs is 1. The fraction of sp³-hybridized carbons (Fsp3) is 0.278. The molecule has 0 saturated heterocycles. The number of nitrogens with two attached hydrogens (primary N) is 1. The van der Waals surface area contributed by atoms with Crippen molar-refractivity contribution < 1.29 is 14.6 Å². The Hall–Kier alpha value is -2.49. The van der Waals surface area contributed by atoms with Crippen molar-refractivity contribution in [1.82, 2.24) is 0 Å². The van der Waals surface area contributed by atoms with Crippen molar-refractivity contribution in [2.45, 2.75) is 31.8 Å². The first-order chi connectivity index (χ1) is 10.6. The summed E-state index contributed by atoms with van der Waals surface area (Å²) in [7, 11) is 0. The summed E-state index contributed by atoms with van der Waals surface area (Å²) in [6, 6.07) is 13.8. The van der Waals surface area contributed by atoms with E-state index < -0.39 is 5.97 Å². The van der Waals surface area contributed by atoms with Crippen LogP contribution in [0.2, 0.25) is 0 Å². The van der Waals surface area contributed by atoms with E-state index in [2.05, 4.69) is 12.1 Å². The normalized spacial score (nSPS) is 16.3. The summed E-state index contributed by atoms with van der Waals surface area (Å²) in [5.41, 5.74) is 10.1. The van der Waals surface area contributed by atoms with Crippen molar-refractivity contribution in [3.05, 3.63) is 59.2 Å². The van der Waals surface area contributed by atoms with Gasteiger partial charge in [0, 0.05) is 6.42 Å². The monoisotopic (exact) mass is 297 g/mol. The highest BCUT2D eigenvalue weighted by atomic mass is 16.5. The molecule has 0 aromatic heterocycles. The number of ether oxygens (including phenoxy) is 1. The molecule has 0 spiro atoms. The first-order valence-electron chi connectivity index (χ1n) is 7.48. The maximum absolute atomic E-state index is 10.6. The van der Waals surface area contributed by atoms with E-state index in [1.807, 2.05) is 24.3 Å². The van der Waals surface area contributed by atoms with Crippen molar-refractivity contribution in [2.75, 3.05) is 5.73 Å². The first-order valence-corrected chi connectivity index (χ1v) is 7.48. The van der Waals surface area contributed by atoms with Gasteiger partial charge in [-0.15, -0.1) is 0 Å². The van der Waals surface area contributed by atoms with Gasteiger partial charge in [0.2, 0.25) is 0 Å². The molecule has 2 aromatic carbocycles. The Bertz CT molecular complexity index is 696. The minimum absolute atomic E-state index is 0.0448. The lowest BCUT2D eigenvalue weighted by Crippen LogP contribution is -2.06. The van der Waals surface area contributed by atoms with Crippen LogP contribution in [0.3, 0.4) is 0 Å². The smallest absolute Gasteiger partial charge is 0.303 e. The van der Waals surface area contributed by atoms with Gasteiger partial charge in [0.1, 0.15) is 11.9 Å². The van der Waals surface area contributed by atoms with Gasteiger partial charge in [-0.2, -0.15) is 0 Å². The number of hydrogen-bond donors (Lipinski definition) is 2. The lowest BCUT2D eigenvalue weighted by Gasteiger charge is -2.17. The largest absolute Gasteiger partial charge is 0.484 e. The Kier molecular flexibility index (Phi) is 4.00. The van der Waals surface area contributed by atoms with Crippen LogP contribution in [0.4, 0.5) is 5.69 Å². The van der Waals surface area contributed by atoms with Crippen LogP contribution in [0.25, 0.3) is 0 Å². The summed E-state index contributed by atoms with van der Waals surface area (Å²) < 4.78 is 6.07. The van der Waals surface area contributed by atoms with E-state index in [1.165, 1.54) is 11.1 Å². The molecular weight excluding hydrogens is 278 g/mol. The maximum atomic E-state index is 10.6. The predicted molar refractivity (Wildman–Crippen MR) is 84.9 cm³/mol. The van der Waals surface area contributed by atoms with Crippen molar-refractivity contribution in [3.63, 3.8) is 0 Å². The van der Waals surface area contributed by atoms with E-state index in [-0.39, 0.29) is 12.5 Å². The highest BCUT2D eigenvalue weighted by Crippen LogP contribution is 2.36. The highest BCUT2D eigenvalue weighted by molar-refractivity contribution is 5.67. The molecule has 0 radical (unpaired) electrons. The molecule has 0 heterocycles. The van der Waals surface area contributed by atoms with Gasteiger partial charge in [-0.05, 0) is 48.1 Å². The van der Waals surface area contributed by atoms with Gasteiger partial charge in [0.15, 0.2) is 0 Å². The van der Waals surface area contributed by atoms with E-state index in [9.17, 15) is 4.79 Å². The number of hydrogen-bond acceptors (Lipinski definition) is 3. The number of carboxylic acids is 1. The zero-order chi connectivity index (χ0) is 15.5. The van der Waals surface area contributed by atoms with Gasteiger partial charge in [-0.25, -0.2) is 0 Å². The van der Waals surface area contributed by atoms with Crippen LogP contribution in [0.1, 0.15) is 35.6 Å². The van der Waals surface area contributed by atoms with Gasteiger partial charge in [-0.1, -0.05) is 30.3 Å². The van der Waals surface area contributed by atoms with Crippen molar-refractivity contribution in [3.8, 4) is 5.75 Å². The van der Waals surface area contributed by atoms with Crippen LogP contribution in [-0.2, 0) is 17.6 Å². The zero-order valence-corrected chi connectivity index (χ0v) is 12.3. The molecule has 22 heavy (non-hydrogen) atoms. The second-order valence-electron chi connectivity index (χ2n) is 5.61. The Morgan fingerprint density at radius 3 is 2.86 bits per heavy atom. The van der Waals surface area contributed by atoms with Gasteiger partial charge >= 0.3 is 5.97 Å². The maximum Gasteiger partial charge on any atom is 0.303 e. The molecular formula is C18H19NO3. The molecule has 0 aliphatic heterocycles. The van der Waals surface area contributed by atoms with E-state index >= 15 is 0 Å². The summed E-state index contributed by atoms with van der Waals surface area (Å²) in [6.45, 7) is 0. The molecule has 114 valence electrons. The summed E-state index contributed by atoms with van der Waals surface area (Å²) in [6.07, 6.45) is 2.61. The number of aryl methyl sites for hydroxylation is 2. The number of rotatable bonds is 5. The summed E-state index contributed by atoms with van der Waals surface area (Å²) >= 11 is 0. The van der Waals surface area contributed by atoms with Crippen LogP contribution < -0.4 is 10.5 Å². The summed E-state index contributed by atoms with van der Waals surface area (Å²) in [5.74, 6) is -0.137. The molecule has 0 bridgehead atoms. The Morgan fingerprint density at radius 2 is 2.09 bits per heavy atom. The van der Waals surface area contributed by atoms with Crippen molar-refractivity contribution in [1.29, 1.82) is 0 Å². The molecule has 3 N–H and O–H groups in total. The predicted octanol–water partition coefficient (Wildman–Crippen LogP) is 3.35. The molecule has 0 amide bonds. The topological polar surface area (TPSA) is 72.6 Å². The van der Waals surface area contributed by atoms with Crippen LogP contribution in [0.5, 0.6) is 5.75 Å². The molecule has 1 aliphatic carbocycles. The highest BCUT2D eigenvalue weighted by Gasteiger charge is 2.24. The van der Waals surface area contributed by atoms with Gasteiger partial charge < -0.3 is 15.6 Å². The van der Waals surface area contributed by atoms with Crippen molar-refractivity contribution in [2.24, 2.45) is 0 Å². The fourth-order valence-electron chi connectivity index (χ4n) is 2.91. The number of benzene rings is 2. The molecule has 4 heteroatoms. The van der Waals surface area contributed by atoms with Crippen molar-refractivity contribution >= 4 is 11.7 Å². The zero-order valence-electron chi connectivity index (χ0n) is 12.3. The van der Waals surface area contributed by atoms with E-state index in [4.69, 9.17) is 15.6 Å². The molecule has 1 atom stereocenters. The molecule has 3 rings (SSSR count). The standard InChI is InChI=1S/C18H19NO3/c19-15-11-12(6-10-18(20)21)5-8-17(15)22-16-9-7-13-3-1-2-4-14(13)16/h1-5,8,11,16H,6-7,9-10,19H2,(H,20,21). The third-order valence-electron chi connectivity index (χ3n) is 4.05. The minimum atomic E-state index is -0.804.